The Morgan fingerprint density at radius 2 is 1.82 bits per heavy atom. The molecule has 1 aromatic carbocycles. The highest BCUT2D eigenvalue weighted by atomic mass is 16.5. The van der Waals surface area contributed by atoms with Crippen molar-refractivity contribution in [3.8, 4) is 28.4 Å². The van der Waals surface area contributed by atoms with Crippen molar-refractivity contribution in [2.24, 2.45) is 7.05 Å². The summed E-state index contributed by atoms with van der Waals surface area (Å²) in [4.78, 5) is 19.1. The van der Waals surface area contributed by atoms with Crippen molar-refractivity contribution in [2.45, 2.75) is 13.0 Å². The molecule has 10 nitrogen and oxygen atoms in total. The van der Waals surface area contributed by atoms with Crippen molar-refractivity contribution < 1.29 is 4.74 Å². The second kappa shape index (κ2) is 10.5. The van der Waals surface area contributed by atoms with Gasteiger partial charge in [0, 0.05) is 56.3 Å². The van der Waals surface area contributed by atoms with Gasteiger partial charge in [0.15, 0.2) is 0 Å². The molecule has 10 heteroatoms. The Labute approximate surface area is 219 Å². The molecule has 0 bridgehead atoms. The monoisotopic (exact) mass is 503 g/mol. The zero-order chi connectivity index (χ0) is 25.7. The van der Waals surface area contributed by atoms with Crippen LogP contribution < -0.4 is 10.1 Å². The minimum Gasteiger partial charge on any atom is -0.493 e. The minimum absolute atomic E-state index is 0.569. The Morgan fingerprint density at radius 1 is 0.895 bits per heavy atom. The lowest BCUT2D eigenvalue weighted by atomic mass is 10.1. The number of anilines is 1. The molecule has 0 aliphatic heterocycles. The first-order chi connectivity index (χ1) is 18.7. The summed E-state index contributed by atoms with van der Waals surface area (Å²) in [6.45, 7) is 1.20. The maximum absolute atomic E-state index is 5.94. The van der Waals surface area contributed by atoms with Crippen LogP contribution in [0.25, 0.3) is 28.3 Å². The molecule has 0 atom stereocenters. The summed E-state index contributed by atoms with van der Waals surface area (Å²) in [6.07, 6.45) is 11.5. The summed E-state index contributed by atoms with van der Waals surface area (Å²) < 4.78 is 7.93. The summed E-state index contributed by atoms with van der Waals surface area (Å²) in [5, 5.41) is 11.9. The van der Waals surface area contributed by atoms with Gasteiger partial charge < -0.3 is 10.1 Å². The summed E-state index contributed by atoms with van der Waals surface area (Å²) in [5.74, 6) is 1.51. The van der Waals surface area contributed by atoms with Crippen molar-refractivity contribution in [2.75, 3.05) is 11.9 Å². The van der Waals surface area contributed by atoms with Gasteiger partial charge in [-0.25, -0.2) is 15.0 Å². The van der Waals surface area contributed by atoms with E-state index in [2.05, 4.69) is 47.6 Å². The van der Waals surface area contributed by atoms with Gasteiger partial charge in [-0.1, -0.05) is 30.3 Å². The average Bonchev–Trinajstić information content (AvgIpc) is 3.59. The van der Waals surface area contributed by atoms with Gasteiger partial charge in [-0.2, -0.15) is 15.0 Å². The topological polar surface area (TPSA) is 108 Å². The molecule has 6 rings (SSSR count). The number of hydrogen-bond acceptors (Lipinski definition) is 8. The molecule has 0 aliphatic carbocycles. The highest BCUT2D eigenvalue weighted by Crippen LogP contribution is 2.23. The molecular weight excluding hydrogens is 478 g/mol. The summed E-state index contributed by atoms with van der Waals surface area (Å²) >= 11 is 0. The first kappa shape index (κ1) is 23.3. The molecule has 0 saturated carbocycles. The van der Waals surface area contributed by atoms with E-state index >= 15 is 0 Å². The number of aromatic nitrogens is 8. The predicted octanol–water partition coefficient (Wildman–Crippen LogP) is 4.22. The Morgan fingerprint density at radius 3 is 2.63 bits per heavy atom. The van der Waals surface area contributed by atoms with E-state index in [-0.39, 0.29) is 0 Å². The number of rotatable bonds is 9. The number of nitrogens with zero attached hydrogens (tertiary/aromatic N) is 8. The van der Waals surface area contributed by atoms with Gasteiger partial charge in [-0.05, 0) is 23.3 Å². The molecule has 0 saturated heterocycles. The molecular formula is C28H25N9O. The molecule has 5 heterocycles. The van der Waals surface area contributed by atoms with Gasteiger partial charge in [-0.3, -0.25) is 9.38 Å². The number of benzene rings is 1. The fourth-order valence-electron chi connectivity index (χ4n) is 4.13. The maximum atomic E-state index is 5.94. The Kier molecular flexibility index (Phi) is 6.42. The number of aryl methyl sites for hydroxylation is 1. The first-order valence-corrected chi connectivity index (χ1v) is 12.2. The SMILES string of the molecule is Cn1ncc(-c2ccc(CNc3cc(-c4cnc5cc(OCCc6cccnc6)ccn45)ncn3)cc2)n1. The van der Waals surface area contributed by atoms with E-state index in [9.17, 15) is 0 Å². The standard InChI is InChI=1S/C28H25N9O/c1-36-34-17-25(35-36)22-6-4-21(5-7-22)16-30-27-14-24(32-19-33-27)26-18-31-28-13-23(8-11-37(26)28)38-12-9-20-3-2-10-29-15-20/h2-8,10-11,13-15,17-19H,9,12,16H2,1H3,(H,30,32,33). The van der Waals surface area contributed by atoms with Crippen LogP contribution in [0.1, 0.15) is 11.1 Å². The molecule has 0 unspecified atom stereocenters. The normalized spacial score (nSPS) is 11.1. The van der Waals surface area contributed by atoms with Crippen molar-refractivity contribution in [3.05, 3.63) is 103 Å². The lowest BCUT2D eigenvalue weighted by Crippen LogP contribution is -2.03. The van der Waals surface area contributed by atoms with Gasteiger partial charge >= 0.3 is 0 Å². The van der Waals surface area contributed by atoms with Crippen molar-refractivity contribution >= 4 is 11.5 Å². The van der Waals surface area contributed by atoms with E-state index in [1.54, 1.807) is 23.5 Å². The van der Waals surface area contributed by atoms with E-state index in [4.69, 9.17) is 4.74 Å². The molecule has 6 aromatic rings. The molecule has 0 radical (unpaired) electrons. The predicted molar refractivity (Wildman–Crippen MR) is 143 cm³/mol. The Hall–Kier alpha value is -5.12. The van der Waals surface area contributed by atoms with Crippen LogP contribution in [0.5, 0.6) is 5.75 Å². The van der Waals surface area contributed by atoms with Crippen molar-refractivity contribution in [1.29, 1.82) is 0 Å². The number of nitrogens with one attached hydrogen (secondary N) is 1. The van der Waals surface area contributed by atoms with Gasteiger partial charge in [-0.15, -0.1) is 0 Å². The number of fused-ring (bicyclic) bond motifs is 1. The molecule has 1 N–H and O–H groups in total. The van der Waals surface area contributed by atoms with Gasteiger partial charge in [0.25, 0.3) is 0 Å². The van der Waals surface area contributed by atoms with Crippen LogP contribution >= 0.6 is 0 Å². The average molecular weight is 504 g/mol. The van der Waals surface area contributed by atoms with Crippen LogP contribution in [0, 0.1) is 0 Å². The molecule has 0 aliphatic rings. The summed E-state index contributed by atoms with van der Waals surface area (Å²) in [7, 11) is 1.81. The van der Waals surface area contributed by atoms with Crippen LogP contribution in [0.4, 0.5) is 5.82 Å². The number of imidazole rings is 1. The number of ether oxygens (including phenoxy) is 1. The highest BCUT2D eigenvalue weighted by Gasteiger charge is 2.10. The van der Waals surface area contributed by atoms with Crippen molar-refractivity contribution in [1.82, 2.24) is 39.3 Å². The van der Waals surface area contributed by atoms with Crippen molar-refractivity contribution in [3.63, 3.8) is 0 Å². The second-order valence-corrected chi connectivity index (χ2v) is 8.75. The van der Waals surface area contributed by atoms with E-state index < -0.39 is 0 Å². The van der Waals surface area contributed by atoms with Crippen LogP contribution in [0.2, 0.25) is 0 Å². The molecule has 38 heavy (non-hydrogen) atoms. The largest absolute Gasteiger partial charge is 0.493 e. The summed E-state index contributed by atoms with van der Waals surface area (Å²) in [6, 6.07) is 18.0. The molecule has 5 aromatic heterocycles. The van der Waals surface area contributed by atoms with Crippen LogP contribution in [0.15, 0.2) is 91.9 Å². The Bertz CT molecular complexity index is 1660. The maximum Gasteiger partial charge on any atom is 0.140 e. The minimum atomic E-state index is 0.569. The number of pyridine rings is 2. The fraction of sp³-hybridized carbons (Fsp3) is 0.143. The molecule has 0 amide bonds. The van der Waals surface area contributed by atoms with Crippen LogP contribution in [0.3, 0.4) is 0 Å². The summed E-state index contributed by atoms with van der Waals surface area (Å²) in [5.41, 5.74) is 6.59. The zero-order valence-electron chi connectivity index (χ0n) is 20.8. The third-order valence-electron chi connectivity index (χ3n) is 6.12. The van der Waals surface area contributed by atoms with Crippen LogP contribution in [-0.4, -0.2) is 45.9 Å². The fourth-order valence-corrected chi connectivity index (χ4v) is 4.13. The molecule has 188 valence electrons. The van der Waals surface area contributed by atoms with E-state index in [0.717, 1.165) is 57.4 Å². The van der Waals surface area contributed by atoms with Gasteiger partial charge in [0.2, 0.25) is 0 Å². The highest BCUT2D eigenvalue weighted by molar-refractivity contribution is 5.63. The Balaban J connectivity index is 1.11. The quantitative estimate of drug-likeness (QED) is 0.313. The number of hydrogen-bond donors (Lipinski definition) is 1. The van der Waals surface area contributed by atoms with E-state index in [0.29, 0.717) is 13.2 Å². The van der Waals surface area contributed by atoms with E-state index in [1.807, 2.05) is 72.5 Å². The lowest BCUT2D eigenvalue weighted by molar-refractivity contribution is 0.322. The smallest absolute Gasteiger partial charge is 0.140 e. The first-order valence-electron chi connectivity index (χ1n) is 12.2. The van der Waals surface area contributed by atoms with Gasteiger partial charge in [0.1, 0.15) is 29.2 Å². The lowest BCUT2D eigenvalue weighted by Gasteiger charge is -2.09. The van der Waals surface area contributed by atoms with Crippen LogP contribution in [-0.2, 0) is 20.0 Å². The van der Waals surface area contributed by atoms with Gasteiger partial charge in [0.05, 0.1) is 30.4 Å². The molecule has 0 fully saturated rings. The third kappa shape index (κ3) is 5.19. The molecule has 0 spiro atoms. The van der Waals surface area contributed by atoms with E-state index in [1.165, 1.54) is 0 Å². The third-order valence-corrected chi connectivity index (χ3v) is 6.12. The zero-order valence-corrected chi connectivity index (χ0v) is 20.8. The second-order valence-electron chi connectivity index (χ2n) is 8.75.